The number of nitrogens with one attached hydrogen (secondary N) is 1. The van der Waals surface area contributed by atoms with Crippen molar-refractivity contribution < 1.29 is 8.42 Å². The highest BCUT2D eigenvalue weighted by Crippen LogP contribution is 2.16. The standard InChI is InChI=1S/C13H16N2O2S2/c1-10-3-4-13(11(2)7-10)19(16,17)15-6-5-12-8-14-9-18-12/h3-4,7-9,15H,5-6H2,1-2H3. The topological polar surface area (TPSA) is 59.1 Å². The molecule has 4 nitrogen and oxygen atoms in total. The zero-order valence-electron chi connectivity index (χ0n) is 10.9. The van der Waals surface area contributed by atoms with E-state index in [2.05, 4.69) is 9.71 Å². The summed E-state index contributed by atoms with van der Waals surface area (Å²) in [6.07, 6.45) is 2.42. The first kappa shape index (κ1) is 14.2. The van der Waals surface area contributed by atoms with Crippen molar-refractivity contribution in [1.29, 1.82) is 0 Å². The van der Waals surface area contributed by atoms with Crippen molar-refractivity contribution in [3.05, 3.63) is 45.9 Å². The van der Waals surface area contributed by atoms with Gasteiger partial charge in [0.05, 0.1) is 10.4 Å². The molecule has 0 aliphatic rings. The van der Waals surface area contributed by atoms with Gasteiger partial charge >= 0.3 is 0 Å². The molecule has 0 atom stereocenters. The molecule has 1 aromatic heterocycles. The summed E-state index contributed by atoms with van der Waals surface area (Å²) in [4.78, 5) is 5.38. The van der Waals surface area contributed by atoms with Crippen molar-refractivity contribution in [3.63, 3.8) is 0 Å². The Morgan fingerprint density at radius 1 is 1.32 bits per heavy atom. The van der Waals surface area contributed by atoms with E-state index in [0.717, 1.165) is 16.0 Å². The minimum absolute atomic E-state index is 0.349. The second-order valence-electron chi connectivity index (χ2n) is 4.38. The van der Waals surface area contributed by atoms with E-state index in [1.807, 2.05) is 26.0 Å². The van der Waals surface area contributed by atoms with Gasteiger partial charge in [-0.15, -0.1) is 11.3 Å². The molecule has 0 aliphatic carbocycles. The van der Waals surface area contributed by atoms with Crippen LogP contribution in [0.3, 0.4) is 0 Å². The maximum absolute atomic E-state index is 12.2. The fraction of sp³-hybridized carbons (Fsp3) is 0.308. The van der Waals surface area contributed by atoms with E-state index in [-0.39, 0.29) is 0 Å². The zero-order chi connectivity index (χ0) is 13.9. The van der Waals surface area contributed by atoms with Crippen molar-refractivity contribution in [3.8, 4) is 0 Å². The van der Waals surface area contributed by atoms with Crippen molar-refractivity contribution in [2.24, 2.45) is 0 Å². The quantitative estimate of drug-likeness (QED) is 0.921. The van der Waals surface area contributed by atoms with Gasteiger partial charge in [0.1, 0.15) is 0 Å². The van der Waals surface area contributed by atoms with E-state index in [1.54, 1.807) is 17.8 Å². The molecule has 0 saturated heterocycles. The molecule has 102 valence electrons. The van der Waals surface area contributed by atoms with Crippen molar-refractivity contribution >= 4 is 21.4 Å². The molecule has 0 radical (unpaired) electrons. The van der Waals surface area contributed by atoms with Crippen LogP contribution in [-0.4, -0.2) is 19.9 Å². The van der Waals surface area contributed by atoms with Crippen LogP contribution in [0.4, 0.5) is 0 Å². The normalized spacial score (nSPS) is 11.7. The molecule has 6 heteroatoms. The minimum Gasteiger partial charge on any atom is -0.253 e. The minimum atomic E-state index is -3.43. The molecule has 0 aliphatic heterocycles. The van der Waals surface area contributed by atoms with Gasteiger partial charge in [0.2, 0.25) is 10.0 Å². The molecule has 1 heterocycles. The van der Waals surface area contributed by atoms with Crippen molar-refractivity contribution in [2.75, 3.05) is 6.54 Å². The molecule has 0 spiro atoms. The molecule has 0 bridgehead atoms. The first-order valence-corrected chi connectivity index (χ1v) is 8.29. The van der Waals surface area contributed by atoms with Crippen LogP contribution in [0.15, 0.2) is 34.8 Å². The maximum Gasteiger partial charge on any atom is 0.240 e. The van der Waals surface area contributed by atoms with Gasteiger partial charge in [0.25, 0.3) is 0 Å². The van der Waals surface area contributed by atoms with E-state index in [9.17, 15) is 8.42 Å². The summed E-state index contributed by atoms with van der Waals surface area (Å²) in [5, 5.41) is 0. The molecule has 0 amide bonds. The summed E-state index contributed by atoms with van der Waals surface area (Å²) >= 11 is 1.53. The first-order chi connectivity index (χ1) is 8.99. The van der Waals surface area contributed by atoms with Crippen LogP contribution in [0.1, 0.15) is 16.0 Å². The lowest BCUT2D eigenvalue weighted by Gasteiger charge is -2.09. The smallest absolute Gasteiger partial charge is 0.240 e. The third-order valence-corrected chi connectivity index (χ3v) is 5.23. The third-order valence-electron chi connectivity index (χ3n) is 2.77. The number of thiazole rings is 1. The fourth-order valence-corrected chi connectivity index (χ4v) is 3.71. The average molecular weight is 296 g/mol. The monoisotopic (exact) mass is 296 g/mol. The Labute approximate surface area is 117 Å². The van der Waals surface area contributed by atoms with Crippen LogP contribution >= 0.6 is 11.3 Å². The highest BCUT2D eigenvalue weighted by Gasteiger charge is 2.15. The molecule has 1 aromatic carbocycles. The van der Waals surface area contributed by atoms with E-state index in [0.29, 0.717) is 17.9 Å². The first-order valence-electron chi connectivity index (χ1n) is 5.93. The molecule has 0 unspecified atom stereocenters. The Bertz CT molecular complexity index is 649. The number of benzene rings is 1. The summed E-state index contributed by atoms with van der Waals surface area (Å²) in [5.41, 5.74) is 3.57. The Morgan fingerprint density at radius 2 is 2.11 bits per heavy atom. The maximum atomic E-state index is 12.2. The van der Waals surface area contributed by atoms with Crippen LogP contribution in [-0.2, 0) is 16.4 Å². The lowest BCUT2D eigenvalue weighted by Crippen LogP contribution is -2.26. The molecule has 2 rings (SSSR count). The molecule has 2 aromatic rings. The van der Waals surface area contributed by atoms with E-state index in [1.165, 1.54) is 11.3 Å². The fourth-order valence-electron chi connectivity index (χ4n) is 1.85. The molecule has 1 N–H and O–H groups in total. The summed E-state index contributed by atoms with van der Waals surface area (Å²) < 4.78 is 27.0. The van der Waals surface area contributed by atoms with Gasteiger partial charge in [-0.3, -0.25) is 4.98 Å². The summed E-state index contributed by atoms with van der Waals surface area (Å²) in [7, 11) is -3.43. The lowest BCUT2D eigenvalue weighted by atomic mass is 10.2. The SMILES string of the molecule is Cc1ccc(S(=O)(=O)NCCc2cncs2)c(C)c1. The zero-order valence-corrected chi connectivity index (χ0v) is 12.5. The second-order valence-corrected chi connectivity index (χ2v) is 7.09. The number of aryl methyl sites for hydroxylation is 2. The Hall–Kier alpha value is -1.24. The highest BCUT2D eigenvalue weighted by atomic mass is 32.2. The van der Waals surface area contributed by atoms with Gasteiger partial charge < -0.3 is 0 Å². The van der Waals surface area contributed by atoms with Crippen LogP contribution in [0.2, 0.25) is 0 Å². The van der Waals surface area contributed by atoms with Crippen molar-refractivity contribution in [1.82, 2.24) is 9.71 Å². The predicted molar refractivity (Wildman–Crippen MR) is 76.9 cm³/mol. The van der Waals surface area contributed by atoms with Crippen LogP contribution in [0.25, 0.3) is 0 Å². The number of rotatable bonds is 5. The number of hydrogen-bond donors (Lipinski definition) is 1. The predicted octanol–water partition coefficient (Wildman–Crippen LogP) is 2.28. The molecular formula is C13H16N2O2S2. The van der Waals surface area contributed by atoms with Crippen LogP contribution < -0.4 is 4.72 Å². The highest BCUT2D eigenvalue weighted by molar-refractivity contribution is 7.89. The summed E-state index contributed by atoms with van der Waals surface area (Å²) in [6, 6.07) is 5.34. The van der Waals surface area contributed by atoms with E-state index in [4.69, 9.17) is 0 Å². The van der Waals surface area contributed by atoms with Gasteiger partial charge in [-0.2, -0.15) is 0 Å². The average Bonchev–Trinajstić information content (AvgIpc) is 2.81. The molecule has 19 heavy (non-hydrogen) atoms. The van der Waals surface area contributed by atoms with Crippen molar-refractivity contribution in [2.45, 2.75) is 25.2 Å². The lowest BCUT2D eigenvalue weighted by molar-refractivity contribution is 0.581. The summed E-state index contributed by atoms with van der Waals surface area (Å²) in [5.74, 6) is 0. The molecular weight excluding hydrogens is 280 g/mol. The van der Waals surface area contributed by atoms with Gasteiger partial charge in [-0.25, -0.2) is 13.1 Å². The second kappa shape index (κ2) is 5.81. The largest absolute Gasteiger partial charge is 0.253 e. The van der Waals surface area contributed by atoms with Gasteiger partial charge in [-0.05, 0) is 31.9 Å². The number of sulfonamides is 1. The Kier molecular flexibility index (Phi) is 4.34. The number of aromatic nitrogens is 1. The Balaban J connectivity index is 2.05. The van der Waals surface area contributed by atoms with Gasteiger partial charge in [-0.1, -0.05) is 17.7 Å². The third kappa shape index (κ3) is 3.62. The number of nitrogens with zero attached hydrogens (tertiary/aromatic N) is 1. The molecule has 0 fully saturated rings. The van der Waals surface area contributed by atoms with E-state index < -0.39 is 10.0 Å². The van der Waals surface area contributed by atoms with Gasteiger partial charge in [0, 0.05) is 17.6 Å². The van der Waals surface area contributed by atoms with Gasteiger partial charge in [0.15, 0.2) is 0 Å². The van der Waals surface area contributed by atoms with Crippen LogP contribution in [0.5, 0.6) is 0 Å². The van der Waals surface area contributed by atoms with Crippen LogP contribution in [0, 0.1) is 13.8 Å². The molecule has 0 saturated carbocycles. The van der Waals surface area contributed by atoms with E-state index >= 15 is 0 Å². The Morgan fingerprint density at radius 3 is 2.74 bits per heavy atom. The number of hydrogen-bond acceptors (Lipinski definition) is 4. The summed E-state index contributed by atoms with van der Waals surface area (Å²) in [6.45, 7) is 4.14.